The summed E-state index contributed by atoms with van der Waals surface area (Å²) in [6, 6.07) is 2.22. The van der Waals surface area contributed by atoms with E-state index in [0.29, 0.717) is 0 Å². The van der Waals surface area contributed by atoms with Gasteiger partial charge in [0, 0.05) is 18.1 Å². The molecular weight excluding hydrogens is 240 g/mol. The summed E-state index contributed by atoms with van der Waals surface area (Å²) in [5.41, 5.74) is 2.54. The van der Waals surface area contributed by atoms with E-state index in [0.717, 1.165) is 30.5 Å². The van der Waals surface area contributed by atoms with Crippen LogP contribution in [0.5, 0.6) is 0 Å². The topological polar surface area (TPSA) is 24.9 Å². The summed E-state index contributed by atoms with van der Waals surface area (Å²) >= 11 is 3.40. The van der Waals surface area contributed by atoms with Crippen LogP contribution < -0.4 is 5.32 Å². The maximum atomic E-state index is 4.36. The Labute approximate surface area is 92.6 Å². The number of pyridine rings is 1. The molecule has 1 aliphatic rings. The average molecular weight is 253 g/mol. The molecular formula is C11H13BrN2. The molecule has 0 amide bonds. The van der Waals surface area contributed by atoms with E-state index < -0.39 is 0 Å². The molecule has 2 rings (SSSR count). The van der Waals surface area contributed by atoms with Gasteiger partial charge < -0.3 is 5.32 Å². The van der Waals surface area contributed by atoms with Crippen molar-refractivity contribution >= 4 is 27.8 Å². The zero-order valence-electron chi connectivity index (χ0n) is 7.96. The van der Waals surface area contributed by atoms with Gasteiger partial charge in [0.15, 0.2) is 0 Å². The Morgan fingerprint density at radius 1 is 1.57 bits per heavy atom. The molecule has 14 heavy (non-hydrogen) atoms. The highest BCUT2D eigenvalue weighted by atomic mass is 79.9. The van der Waals surface area contributed by atoms with E-state index in [2.05, 4.69) is 44.4 Å². The predicted molar refractivity (Wildman–Crippen MR) is 63.9 cm³/mol. The summed E-state index contributed by atoms with van der Waals surface area (Å²) in [5, 5.41) is 4.27. The Balaban J connectivity index is 2.12. The molecule has 1 aromatic heterocycles. The summed E-state index contributed by atoms with van der Waals surface area (Å²) in [6.07, 6.45) is 8.38. The lowest BCUT2D eigenvalue weighted by Gasteiger charge is -1.99. The zero-order valence-corrected chi connectivity index (χ0v) is 9.55. The van der Waals surface area contributed by atoms with Gasteiger partial charge in [0.05, 0.1) is 0 Å². The molecule has 0 atom stereocenters. The molecule has 1 aromatic rings. The number of hydrogen-bond donors (Lipinski definition) is 1. The highest BCUT2D eigenvalue weighted by molar-refractivity contribution is 9.09. The Bertz CT molecular complexity index is 347. The number of halogens is 1. The third kappa shape index (κ3) is 2.15. The number of rotatable bonds is 3. The van der Waals surface area contributed by atoms with Crippen LogP contribution in [0.2, 0.25) is 0 Å². The van der Waals surface area contributed by atoms with Gasteiger partial charge in [0.2, 0.25) is 0 Å². The van der Waals surface area contributed by atoms with Crippen LogP contribution >= 0.6 is 15.9 Å². The van der Waals surface area contributed by atoms with E-state index in [1.54, 1.807) is 0 Å². The van der Waals surface area contributed by atoms with Gasteiger partial charge in [-0.2, -0.15) is 0 Å². The van der Waals surface area contributed by atoms with Crippen molar-refractivity contribution < 1.29 is 0 Å². The molecule has 0 spiro atoms. The molecule has 1 aliphatic heterocycles. The summed E-state index contributed by atoms with van der Waals surface area (Å²) in [4.78, 5) is 4.36. The van der Waals surface area contributed by atoms with Gasteiger partial charge in [-0.1, -0.05) is 28.1 Å². The second kappa shape index (κ2) is 4.60. The van der Waals surface area contributed by atoms with Crippen molar-refractivity contribution in [1.29, 1.82) is 0 Å². The first-order valence-corrected chi connectivity index (χ1v) is 5.97. The second-order valence-corrected chi connectivity index (χ2v) is 4.13. The monoisotopic (exact) mass is 252 g/mol. The van der Waals surface area contributed by atoms with E-state index in [9.17, 15) is 0 Å². The van der Waals surface area contributed by atoms with Crippen LogP contribution in [0.3, 0.4) is 0 Å². The van der Waals surface area contributed by atoms with Crippen LogP contribution in [-0.4, -0.2) is 16.9 Å². The number of fused-ring (bicyclic) bond motifs is 1. The van der Waals surface area contributed by atoms with Gasteiger partial charge in [0.25, 0.3) is 0 Å². The molecule has 3 heteroatoms. The Morgan fingerprint density at radius 3 is 3.36 bits per heavy atom. The van der Waals surface area contributed by atoms with Gasteiger partial charge in [-0.25, -0.2) is 4.98 Å². The minimum absolute atomic E-state index is 1.02. The molecule has 0 aromatic carbocycles. The number of hydrogen-bond acceptors (Lipinski definition) is 2. The zero-order chi connectivity index (χ0) is 9.80. The quantitative estimate of drug-likeness (QED) is 0.838. The van der Waals surface area contributed by atoms with Gasteiger partial charge in [-0.3, -0.25) is 0 Å². The van der Waals surface area contributed by atoms with Crippen molar-refractivity contribution in [3.8, 4) is 0 Å². The fourth-order valence-electron chi connectivity index (χ4n) is 1.57. The van der Waals surface area contributed by atoms with E-state index in [1.807, 2.05) is 6.20 Å². The third-order valence-corrected chi connectivity index (χ3v) is 2.72. The molecule has 0 saturated heterocycles. The largest absolute Gasteiger partial charge is 0.370 e. The molecule has 0 unspecified atom stereocenters. The predicted octanol–water partition coefficient (Wildman–Crippen LogP) is 2.85. The summed E-state index contributed by atoms with van der Waals surface area (Å²) in [5.74, 6) is 1.06. The summed E-state index contributed by atoms with van der Waals surface area (Å²) < 4.78 is 0. The molecule has 74 valence electrons. The summed E-state index contributed by atoms with van der Waals surface area (Å²) in [6.45, 7) is 1.02. The highest BCUT2D eigenvalue weighted by Gasteiger charge is 2.10. The average Bonchev–Trinajstić information content (AvgIpc) is 2.65. The van der Waals surface area contributed by atoms with Crippen molar-refractivity contribution in [3.05, 3.63) is 29.5 Å². The van der Waals surface area contributed by atoms with Gasteiger partial charge >= 0.3 is 0 Å². The first-order chi connectivity index (χ1) is 6.90. The molecule has 0 fully saturated rings. The maximum Gasteiger partial charge on any atom is 0.129 e. The lowest BCUT2D eigenvalue weighted by Crippen LogP contribution is -1.92. The van der Waals surface area contributed by atoms with Crippen molar-refractivity contribution in [2.75, 3.05) is 17.2 Å². The van der Waals surface area contributed by atoms with Crippen molar-refractivity contribution in [1.82, 2.24) is 4.98 Å². The SMILES string of the molecule is BrCCC=Cc1cnc2c(c1)CCN2. The van der Waals surface area contributed by atoms with Crippen molar-refractivity contribution in [3.63, 3.8) is 0 Å². The lowest BCUT2D eigenvalue weighted by atomic mass is 10.1. The van der Waals surface area contributed by atoms with Crippen LogP contribution in [0.15, 0.2) is 18.3 Å². The Hall–Kier alpha value is -0.830. The Morgan fingerprint density at radius 2 is 2.50 bits per heavy atom. The van der Waals surface area contributed by atoms with Gasteiger partial charge in [-0.05, 0) is 30.0 Å². The van der Waals surface area contributed by atoms with E-state index in [4.69, 9.17) is 0 Å². The lowest BCUT2D eigenvalue weighted by molar-refractivity contribution is 1.11. The first-order valence-electron chi connectivity index (χ1n) is 4.85. The van der Waals surface area contributed by atoms with E-state index in [-0.39, 0.29) is 0 Å². The first kappa shape index (κ1) is 9.71. The number of anilines is 1. The number of aromatic nitrogens is 1. The standard InChI is InChI=1S/C11H13BrN2/c12-5-2-1-3-9-7-10-4-6-13-11(10)14-8-9/h1,3,7-8H,2,4-6H2,(H,13,14). The molecule has 0 bridgehead atoms. The minimum atomic E-state index is 1.02. The number of nitrogens with one attached hydrogen (secondary N) is 1. The minimum Gasteiger partial charge on any atom is -0.370 e. The van der Waals surface area contributed by atoms with E-state index in [1.165, 1.54) is 11.1 Å². The molecule has 1 N–H and O–H groups in total. The number of nitrogens with zero attached hydrogens (tertiary/aromatic N) is 1. The number of alkyl halides is 1. The fraction of sp³-hybridized carbons (Fsp3) is 0.364. The maximum absolute atomic E-state index is 4.36. The highest BCUT2D eigenvalue weighted by Crippen LogP contribution is 2.20. The van der Waals surface area contributed by atoms with Gasteiger partial charge in [-0.15, -0.1) is 0 Å². The van der Waals surface area contributed by atoms with Crippen molar-refractivity contribution in [2.45, 2.75) is 12.8 Å². The smallest absolute Gasteiger partial charge is 0.129 e. The normalized spacial score (nSPS) is 14.4. The van der Waals surface area contributed by atoms with E-state index >= 15 is 0 Å². The fourth-order valence-corrected chi connectivity index (χ4v) is 1.83. The van der Waals surface area contributed by atoms with Gasteiger partial charge in [0.1, 0.15) is 5.82 Å². The summed E-state index contributed by atoms with van der Waals surface area (Å²) in [7, 11) is 0. The van der Waals surface area contributed by atoms with Crippen LogP contribution in [0, 0.1) is 0 Å². The van der Waals surface area contributed by atoms with Crippen LogP contribution in [0.1, 0.15) is 17.5 Å². The molecule has 0 saturated carbocycles. The molecule has 0 radical (unpaired) electrons. The van der Waals surface area contributed by atoms with Crippen LogP contribution in [0.4, 0.5) is 5.82 Å². The van der Waals surface area contributed by atoms with Crippen LogP contribution in [-0.2, 0) is 6.42 Å². The molecule has 0 aliphatic carbocycles. The second-order valence-electron chi connectivity index (χ2n) is 3.33. The Kier molecular flexibility index (Phi) is 3.19. The van der Waals surface area contributed by atoms with Crippen molar-refractivity contribution in [2.24, 2.45) is 0 Å². The molecule has 2 nitrogen and oxygen atoms in total. The third-order valence-electron chi connectivity index (χ3n) is 2.26. The molecule has 2 heterocycles. The number of allylic oxidation sites excluding steroid dienone is 1. The van der Waals surface area contributed by atoms with Crippen LogP contribution in [0.25, 0.3) is 6.08 Å².